The minimum Gasteiger partial charge on any atom is -0.445 e. The van der Waals surface area contributed by atoms with Crippen LogP contribution < -0.4 is 5.73 Å². The number of rotatable bonds is 3. The van der Waals surface area contributed by atoms with Crippen molar-refractivity contribution >= 4 is 0 Å². The zero-order chi connectivity index (χ0) is 13.3. The first-order valence-electron chi connectivity index (χ1n) is 4.44. The number of nitrogens with zero attached hydrogens (tertiary/aromatic N) is 1. The molecule has 2 N–H and O–H groups in total. The van der Waals surface area contributed by atoms with E-state index in [9.17, 15) is 26.3 Å². The third-order valence-electron chi connectivity index (χ3n) is 1.87. The maximum Gasteiger partial charge on any atom is 0.407 e. The molecule has 0 aliphatic rings. The summed E-state index contributed by atoms with van der Waals surface area (Å²) < 4.78 is 78.0. The predicted molar refractivity (Wildman–Crippen MR) is 44.1 cm³/mol. The molecule has 9 heteroatoms. The topological polar surface area (TPSA) is 52.0 Å². The second-order valence-corrected chi connectivity index (χ2v) is 3.21. The Hall–Kier alpha value is -1.25. The third-order valence-corrected chi connectivity index (χ3v) is 1.87. The molecule has 1 aromatic heterocycles. The van der Waals surface area contributed by atoms with Gasteiger partial charge >= 0.3 is 12.4 Å². The highest BCUT2D eigenvalue weighted by Crippen LogP contribution is 2.46. The summed E-state index contributed by atoms with van der Waals surface area (Å²) in [5.41, 5.74) is 5.07. The molecule has 0 saturated carbocycles. The fourth-order valence-electron chi connectivity index (χ4n) is 1.21. The molecule has 1 rings (SSSR count). The molecule has 0 unspecified atom stereocenters. The van der Waals surface area contributed by atoms with E-state index in [-0.39, 0.29) is 18.9 Å². The smallest absolute Gasteiger partial charge is 0.407 e. The van der Waals surface area contributed by atoms with Crippen molar-refractivity contribution in [1.82, 2.24) is 4.98 Å². The van der Waals surface area contributed by atoms with Crippen LogP contribution in [-0.2, 0) is 6.42 Å². The van der Waals surface area contributed by atoms with Crippen LogP contribution in [0.3, 0.4) is 0 Å². The summed E-state index contributed by atoms with van der Waals surface area (Å²) in [6.45, 7) is 0.0165. The lowest BCUT2D eigenvalue weighted by molar-refractivity contribution is -0.257. The summed E-state index contributed by atoms with van der Waals surface area (Å²) in [6, 6.07) is 0. The van der Waals surface area contributed by atoms with Crippen molar-refractivity contribution in [3.8, 4) is 0 Å². The number of alkyl halides is 6. The number of halogens is 6. The molecule has 17 heavy (non-hydrogen) atoms. The lowest BCUT2D eigenvalue weighted by Crippen LogP contribution is -2.33. The Morgan fingerprint density at radius 1 is 1.18 bits per heavy atom. The Kier molecular flexibility index (Phi) is 3.70. The van der Waals surface area contributed by atoms with Crippen LogP contribution in [0.5, 0.6) is 0 Å². The third kappa shape index (κ3) is 3.35. The highest BCUT2D eigenvalue weighted by Gasteiger charge is 2.59. The Labute approximate surface area is 91.6 Å². The number of oxazole rings is 1. The van der Waals surface area contributed by atoms with Gasteiger partial charge in [0.2, 0.25) is 5.92 Å². The predicted octanol–water partition coefficient (Wildman–Crippen LogP) is 2.38. The van der Waals surface area contributed by atoms with Crippen molar-refractivity contribution in [1.29, 1.82) is 0 Å². The number of hydrogen-bond acceptors (Lipinski definition) is 3. The number of aromatic nitrogens is 1. The van der Waals surface area contributed by atoms with Gasteiger partial charge in [-0.25, -0.2) is 4.98 Å². The van der Waals surface area contributed by atoms with Crippen LogP contribution in [0, 0.1) is 0 Å². The monoisotopic (exact) mass is 262 g/mol. The van der Waals surface area contributed by atoms with E-state index in [0.717, 1.165) is 0 Å². The second kappa shape index (κ2) is 4.55. The summed E-state index contributed by atoms with van der Waals surface area (Å²) in [7, 11) is 0. The fraction of sp³-hybridized carbons (Fsp3) is 0.625. The van der Waals surface area contributed by atoms with Crippen molar-refractivity contribution in [2.24, 2.45) is 5.73 Å². The first-order valence-corrected chi connectivity index (χ1v) is 4.44. The van der Waals surface area contributed by atoms with E-state index in [1.54, 1.807) is 0 Å². The van der Waals surface area contributed by atoms with Crippen LogP contribution in [0.4, 0.5) is 26.3 Å². The Morgan fingerprint density at radius 2 is 1.71 bits per heavy atom. The average Bonchev–Trinajstić information content (AvgIpc) is 2.47. The van der Waals surface area contributed by atoms with Crippen molar-refractivity contribution in [2.45, 2.75) is 24.7 Å². The van der Waals surface area contributed by atoms with Gasteiger partial charge in [0.1, 0.15) is 5.76 Å². The molecule has 0 atom stereocenters. The molecule has 3 nitrogen and oxygen atoms in total. The van der Waals surface area contributed by atoms with Gasteiger partial charge in [-0.3, -0.25) is 0 Å². The molecule has 0 aliphatic carbocycles. The van der Waals surface area contributed by atoms with Crippen molar-refractivity contribution in [3.63, 3.8) is 0 Å². The van der Waals surface area contributed by atoms with Crippen molar-refractivity contribution in [3.05, 3.63) is 17.8 Å². The van der Waals surface area contributed by atoms with Gasteiger partial charge in [0, 0.05) is 13.0 Å². The zero-order valence-electron chi connectivity index (χ0n) is 8.27. The van der Waals surface area contributed by atoms with E-state index < -0.39 is 24.0 Å². The SMILES string of the molecule is NCCc1ncc(C(C(F)(F)F)C(F)(F)F)o1. The van der Waals surface area contributed by atoms with Gasteiger partial charge in [-0.2, -0.15) is 26.3 Å². The Balaban J connectivity index is 3.06. The molecule has 98 valence electrons. The maximum absolute atomic E-state index is 12.3. The van der Waals surface area contributed by atoms with Crippen LogP contribution in [0.25, 0.3) is 0 Å². The molecule has 0 saturated heterocycles. The Morgan fingerprint density at radius 3 is 2.12 bits per heavy atom. The van der Waals surface area contributed by atoms with Crippen molar-refractivity contribution < 1.29 is 30.8 Å². The largest absolute Gasteiger partial charge is 0.445 e. The van der Waals surface area contributed by atoms with Gasteiger partial charge in [0.05, 0.1) is 6.20 Å². The molecule has 0 fully saturated rings. The summed E-state index contributed by atoms with van der Waals surface area (Å²) in [4.78, 5) is 3.31. The van der Waals surface area contributed by atoms with E-state index in [2.05, 4.69) is 9.40 Å². The highest BCUT2D eigenvalue weighted by atomic mass is 19.4. The molecule has 0 bridgehead atoms. The zero-order valence-corrected chi connectivity index (χ0v) is 8.27. The fourth-order valence-corrected chi connectivity index (χ4v) is 1.21. The molecule has 1 heterocycles. The van der Waals surface area contributed by atoms with Gasteiger partial charge < -0.3 is 10.2 Å². The van der Waals surface area contributed by atoms with Gasteiger partial charge in [-0.05, 0) is 0 Å². The Bertz CT molecular complexity index is 355. The molecular formula is C8H8F6N2O. The average molecular weight is 262 g/mol. The van der Waals surface area contributed by atoms with Crippen LogP contribution >= 0.6 is 0 Å². The van der Waals surface area contributed by atoms with Crippen LogP contribution in [0.2, 0.25) is 0 Å². The standard InChI is InChI=1S/C8H8F6N2O/c9-7(10,11)6(8(12,13)14)4-3-16-5(17-4)1-2-15/h3,6H,1-2,15H2. The summed E-state index contributed by atoms with van der Waals surface area (Å²) in [6.07, 6.45) is -10.5. The molecule has 1 aromatic rings. The molecule has 0 spiro atoms. The number of nitrogens with two attached hydrogens (primary N) is 1. The first-order chi connectivity index (χ1) is 7.66. The van der Waals surface area contributed by atoms with E-state index in [1.165, 1.54) is 0 Å². The van der Waals surface area contributed by atoms with Crippen LogP contribution in [-0.4, -0.2) is 23.9 Å². The lowest BCUT2D eigenvalue weighted by atomic mass is 10.1. The molecule has 0 amide bonds. The summed E-state index contributed by atoms with van der Waals surface area (Å²) in [5, 5.41) is 0. The van der Waals surface area contributed by atoms with Crippen LogP contribution in [0.15, 0.2) is 10.6 Å². The van der Waals surface area contributed by atoms with Gasteiger partial charge in [-0.15, -0.1) is 0 Å². The van der Waals surface area contributed by atoms with Gasteiger partial charge in [-0.1, -0.05) is 0 Å². The second-order valence-electron chi connectivity index (χ2n) is 3.21. The van der Waals surface area contributed by atoms with E-state index in [1.807, 2.05) is 0 Å². The first kappa shape index (κ1) is 13.8. The minimum absolute atomic E-state index is 0.0165. The van der Waals surface area contributed by atoms with E-state index in [4.69, 9.17) is 5.73 Å². The van der Waals surface area contributed by atoms with Crippen LogP contribution in [0.1, 0.15) is 17.6 Å². The number of hydrogen-bond donors (Lipinski definition) is 1. The molecule has 0 aromatic carbocycles. The quantitative estimate of drug-likeness (QED) is 0.851. The van der Waals surface area contributed by atoms with Gasteiger partial charge in [0.25, 0.3) is 0 Å². The lowest BCUT2D eigenvalue weighted by Gasteiger charge is -2.20. The van der Waals surface area contributed by atoms with E-state index >= 15 is 0 Å². The summed E-state index contributed by atoms with van der Waals surface area (Å²) in [5.74, 6) is -5.18. The molecular weight excluding hydrogens is 254 g/mol. The van der Waals surface area contributed by atoms with Crippen molar-refractivity contribution in [2.75, 3.05) is 6.54 Å². The highest BCUT2D eigenvalue weighted by molar-refractivity contribution is 5.08. The van der Waals surface area contributed by atoms with Gasteiger partial charge in [0.15, 0.2) is 5.89 Å². The summed E-state index contributed by atoms with van der Waals surface area (Å²) >= 11 is 0. The van der Waals surface area contributed by atoms with E-state index in [0.29, 0.717) is 6.20 Å². The molecule has 0 radical (unpaired) electrons. The maximum atomic E-state index is 12.3. The molecule has 0 aliphatic heterocycles. The normalized spacial score (nSPS) is 13.4. The minimum atomic E-state index is -5.47.